The molecule has 0 fully saturated rings. The van der Waals surface area contributed by atoms with Crippen molar-refractivity contribution in [2.75, 3.05) is 7.11 Å². The molecule has 13 rings (SSSR count). The second-order valence-electron chi connectivity index (χ2n) is 21.6. The molecule has 7 aromatic carbocycles. The number of aliphatic hydroxyl groups excluding tert-OH is 1. The molecule has 0 aliphatic carbocycles. The Hall–Kier alpha value is -10.9. The Morgan fingerprint density at radius 3 is 1.98 bits per heavy atom. The van der Waals surface area contributed by atoms with Gasteiger partial charge in [0.05, 0.1) is 35.8 Å². The lowest BCUT2D eigenvalue weighted by Gasteiger charge is -2.31. The second-order valence-corrected chi connectivity index (χ2v) is 22.4. The van der Waals surface area contributed by atoms with Crippen LogP contribution in [0.1, 0.15) is 68.9 Å². The van der Waals surface area contributed by atoms with Gasteiger partial charge in [-0.05, 0) is 88.0 Å². The van der Waals surface area contributed by atoms with Crippen molar-refractivity contribution in [1.29, 1.82) is 0 Å². The molecule has 11 N–H and O–H groups in total. The number of fused-ring (bicyclic) bond motifs is 15. The minimum absolute atomic E-state index is 0.00371. The van der Waals surface area contributed by atoms with Gasteiger partial charge in [-0.25, -0.2) is 14.6 Å². The molecule has 0 saturated heterocycles. The van der Waals surface area contributed by atoms with E-state index < -0.39 is 125 Å². The highest BCUT2D eigenvalue weighted by Crippen LogP contribution is 2.47. The normalized spacial score (nSPS) is 19.7. The number of hydrogen-bond donors (Lipinski definition) is 11. The van der Waals surface area contributed by atoms with Crippen molar-refractivity contribution < 1.29 is 82.8 Å². The van der Waals surface area contributed by atoms with Gasteiger partial charge in [0.1, 0.15) is 78.4 Å². The van der Waals surface area contributed by atoms with E-state index in [-0.39, 0.29) is 87.0 Å². The molecule has 7 atom stereocenters. The topological polar surface area (TPSA) is 357 Å². The van der Waals surface area contributed by atoms with E-state index in [1.165, 1.54) is 48.8 Å². The number of rotatable bonds is 10. The van der Waals surface area contributed by atoms with Crippen molar-refractivity contribution in [2.45, 2.75) is 75.1 Å². The van der Waals surface area contributed by atoms with Crippen LogP contribution in [0.15, 0.2) is 152 Å². The van der Waals surface area contributed by atoms with Crippen LogP contribution in [0.4, 0.5) is 4.79 Å². The fourth-order valence-corrected chi connectivity index (χ4v) is 11.1. The number of benzene rings is 7. The van der Waals surface area contributed by atoms with Gasteiger partial charge in [-0.3, -0.25) is 24.0 Å². The number of aromatic nitrogens is 2. The van der Waals surface area contributed by atoms with Gasteiger partial charge >= 0.3 is 12.1 Å². The number of methoxy groups -OCH3 is 1. The number of aliphatic hydroxyl groups is 1. The van der Waals surface area contributed by atoms with E-state index in [1.807, 2.05) is 30.3 Å². The molecule has 92 heavy (non-hydrogen) atoms. The van der Waals surface area contributed by atoms with Crippen molar-refractivity contribution in [3.05, 3.63) is 207 Å². The molecule has 0 unspecified atom stereocenters. The summed E-state index contributed by atoms with van der Waals surface area (Å²) in [4.78, 5) is 108. The molecule has 0 spiro atoms. The van der Waals surface area contributed by atoms with E-state index in [0.717, 1.165) is 49.1 Å². The van der Waals surface area contributed by atoms with Gasteiger partial charge in [0, 0.05) is 41.8 Å². The van der Waals surface area contributed by atoms with Crippen LogP contribution >= 0.6 is 23.2 Å². The summed E-state index contributed by atoms with van der Waals surface area (Å²) in [6, 6.07) is 22.4. The van der Waals surface area contributed by atoms with Crippen LogP contribution in [0.5, 0.6) is 46.0 Å². The molecule has 472 valence electrons. The predicted molar refractivity (Wildman–Crippen MR) is 326 cm³/mol. The Bertz CT molecular complexity index is 4190. The Balaban J connectivity index is 1.06. The lowest BCUT2D eigenvalue weighted by Crippen LogP contribution is -2.57. The number of hydrogen-bond acceptors (Lipinski definition) is 18. The van der Waals surface area contributed by atoms with Gasteiger partial charge in [0.2, 0.25) is 35.3 Å². The average molecular weight is 1290 g/mol. The zero-order valence-electron chi connectivity index (χ0n) is 48.3. The fourth-order valence-electron chi connectivity index (χ4n) is 10.7. The molecule has 25 nitrogen and oxygen atoms in total. The summed E-state index contributed by atoms with van der Waals surface area (Å²) in [7, 11) is 0.983. The number of amides is 6. The molecule has 1 aromatic heterocycles. The smallest absolute Gasteiger partial charge is 0.408 e. The van der Waals surface area contributed by atoms with Crippen LogP contribution < -0.4 is 41.4 Å². The molecule has 0 radical (unpaired) electrons. The number of phenolic OH excluding ortho intramolecular Hbond substituents is 4. The first kappa shape index (κ1) is 62.7. The average Bonchev–Trinajstić information content (AvgIpc) is 0.851. The molecular weight excluding hydrogens is 1240 g/mol. The summed E-state index contributed by atoms with van der Waals surface area (Å²) in [6.07, 6.45) is -0.749. The summed E-state index contributed by atoms with van der Waals surface area (Å²) >= 11 is 13.8. The van der Waals surface area contributed by atoms with E-state index in [9.17, 15) is 44.7 Å². The quantitative estimate of drug-likeness (QED) is 0.0620. The summed E-state index contributed by atoms with van der Waals surface area (Å²) in [6.45, 7) is 0.0579. The highest BCUT2D eigenvalue weighted by atomic mass is 35.5. The minimum atomic E-state index is -2.11. The third-order valence-electron chi connectivity index (χ3n) is 15.3. The van der Waals surface area contributed by atoms with E-state index in [0.29, 0.717) is 11.1 Å². The van der Waals surface area contributed by atoms with Crippen LogP contribution in [0.25, 0.3) is 11.1 Å². The SMILES string of the molecule is COC(=O)[C@H]1NC(=O)[C@H]2NC(=O)[C@H](NC(=O)[C@@H]3NC(=O)[C@H](Cc4cn(COCc5ccccc5)cn4)NC(=O)[C@H](NC(=O)OCc4ccccc4)Cc4ccc(c(Cl)c4)Oc4cc3cc(c4O)Oc3ccc(cc3Cl)[C@H]2O)c2ccc(O)c(c2)-c2c(O)cc(O)cc21. The zero-order valence-corrected chi connectivity index (χ0v) is 49.8. The van der Waals surface area contributed by atoms with Gasteiger partial charge in [-0.2, -0.15) is 0 Å². The maximum atomic E-state index is 15.8. The Morgan fingerprint density at radius 2 is 1.29 bits per heavy atom. The number of imidazole rings is 1. The molecule has 27 heteroatoms. The Kier molecular flexibility index (Phi) is 18.5. The Labute approximate surface area is 532 Å². The number of nitrogens with zero attached hydrogens (tertiary/aromatic N) is 2. The minimum Gasteiger partial charge on any atom is -0.508 e. The summed E-state index contributed by atoms with van der Waals surface area (Å²) in [5.41, 5.74) is 0.510. The first-order chi connectivity index (χ1) is 44.3. The largest absolute Gasteiger partial charge is 0.508 e. The highest BCUT2D eigenvalue weighted by molar-refractivity contribution is 6.32. The van der Waals surface area contributed by atoms with Gasteiger partial charge in [-0.1, -0.05) is 102 Å². The molecule has 5 aliphatic rings. The fraction of sp³-hybridized carbons (Fsp3) is 0.200. The number of nitrogens with one attached hydrogen (secondary N) is 6. The number of carbonyl (C=O) groups is 7. The van der Waals surface area contributed by atoms with Crippen LogP contribution in [0.3, 0.4) is 0 Å². The number of alkyl carbamates (subject to hydrolysis) is 1. The van der Waals surface area contributed by atoms with E-state index in [4.69, 9.17) is 46.9 Å². The third kappa shape index (κ3) is 13.9. The van der Waals surface area contributed by atoms with Crippen LogP contribution in [-0.2, 0) is 75.8 Å². The third-order valence-corrected chi connectivity index (χ3v) is 15.9. The maximum Gasteiger partial charge on any atom is 0.408 e. The van der Waals surface area contributed by atoms with Crippen molar-refractivity contribution in [3.8, 4) is 57.1 Å². The van der Waals surface area contributed by atoms with Crippen molar-refractivity contribution >= 4 is 64.8 Å². The van der Waals surface area contributed by atoms with Gasteiger partial charge in [0.25, 0.3) is 0 Å². The number of aromatic hydroxyl groups is 4. The highest BCUT2D eigenvalue weighted by Gasteiger charge is 2.41. The van der Waals surface area contributed by atoms with Gasteiger partial charge < -0.3 is 85.7 Å². The van der Waals surface area contributed by atoms with Crippen LogP contribution in [0, 0.1) is 0 Å². The molecule has 6 heterocycles. The van der Waals surface area contributed by atoms with E-state index in [1.54, 1.807) is 41.1 Å². The first-order valence-electron chi connectivity index (χ1n) is 28.3. The molecular formula is C65H56Cl2N8O17. The summed E-state index contributed by atoms with van der Waals surface area (Å²) in [5, 5.41) is 73.5. The van der Waals surface area contributed by atoms with E-state index in [2.05, 4.69) is 36.9 Å². The molecule has 6 amide bonds. The van der Waals surface area contributed by atoms with Crippen LogP contribution in [0.2, 0.25) is 10.0 Å². The summed E-state index contributed by atoms with van der Waals surface area (Å²) in [5.74, 6) is -10.8. The van der Waals surface area contributed by atoms with Crippen LogP contribution in [-0.4, -0.2) is 102 Å². The molecule has 5 aliphatic heterocycles. The van der Waals surface area contributed by atoms with Gasteiger partial charge in [0.15, 0.2) is 17.5 Å². The molecule has 11 bridgehead atoms. The summed E-state index contributed by atoms with van der Waals surface area (Å²) < 4.78 is 30.6. The second kappa shape index (κ2) is 27.1. The first-order valence-corrected chi connectivity index (χ1v) is 29.1. The van der Waals surface area contributed by atoms with Crippen molar-refractivity contribution in [1.82, 2.24) is 41.5 Å². The monoisotopic (exact) mass is 1290 g/mol. The lowest BCUT2D eigenvalue weighted by atomic mass is 9.89. The van der Waals surface area contributed by atoms with E-state index >= 15 is 14.4 Å². The number of ether oxygens (including phenoxy) is 5. The number of esters is 1. The Morgan fingerprint density at radius 1 is 0.652 bits per heavy atom. The standard InChI is InChI=1S/C65H56Cl2N8O17/c1-88-64(86)55-41-25-39(76)26-47(78)52(41)40-20-35(13-15-46(40)77)53-61(83)74-56(63(85)73-55)57(79)36-14-17-49(43(67)21-36)92-51-23-37-22-50(58(51)80)91-48-16-12-34(18-42(48)66)19-44(70-65(87)90-29-33-10-6-3-7-11-33)59(81)69-45(60(82)71-54(37)62(84)72-53)24-38-27-75(30-68-38)31-89-28-32-8-4-2-5-9-32/h2-18,20-23,25-27,30,44-45,53-57,76-80H,19,24,28-29,31H2,1H3,(H,69,81)(H,70,87)(H,71,82)(H,72,84)(H,73,85)(H,74,83)/t44-,45+,53-,54-,55+,56+,57-/m1/s1. The van der Waals surface area contributed by atoms with Crippen molar-refractivity contribution in [3.63, 3.8) is 0 Å². The zero-order chi connectivity index (χ0) is 64.9. The van der Waals surface area contributed by atoms with Crippen molar-refractivity contribution in [2.24, 2.45) is 0 Å². The van der Waals surface area contributed by atoms with Gasteiger partial charge in [-0.15, -0.1) is 0 Å². The number of carbonyl (C=O) groups excluding carboxylic acids is 7. The predicted octanol–water partition coefficient (Wildman–Crippen LogP) is 6.91. The number of halogens is 2. The number of phenols is 4. The lowest BCUT2D eigenvalue weighted by molar-refractivity contribution is -0.146. The molecule has 8 aromatic rings. The molecule has 0 saturated carbocycles. The maximum absolute atomic E-state index is 15.8.